The summed E-state index contributed by atoms with van der Waals surface area (Å²) < 4.78 is 24.3. The fourth-order valence-electron chi connectivity index (χ4n) is 4.81. The quantitative estimate of drug-likeness (QED) is 0.527. The van der Waals surface area contributed by atoms with Crippen LogP contribution in [0, 0.1) is 0 Å². The standard InChI is InChI=1S/C27H36O6/c28-23-15-25(11-13-30-19-21-7-3-1-4-8-21)32-27(17-23)18-24(29)16-26(33-27)12-14-31-20-22-9-5-2-6-10-22/h1-10,23-26,28-29H,11-20H2. The van der Waals surface area contributed by atoms with Crippen molar-refractivity contribution >= 4 is 0 Å². The minimum Gasteiger partial charge on any atom is -0.393 e. The average Bonchev–Trinajstić information content (AvgIpc) is 2.80. The van der Waals surface area contributed by atoms with E-state index in [0.717, 1.165) is 11.1 Å². The Morgan fingerprint density at radius 3 is 1.55 bits per heavy atom. The fraction of sp³-hybridized carbons (Fsp3) is 0.556. The lowest BCUT2D eigenvalue weighted by atomic mass is 9.88. The van der Waals surface area contributed by atoms with Gasteiger partial charge in [0.1, 0.15) is 0 Å². The Morgan fingerprint density at radius 1 is 0.697 bits per heavy atom. The van der Waals surface area contributed by atoms with Crippen LogP contribution in [0.1, 0.15) is 49.7 Å². The first-order valence-electron chi connectivity index (χ1n) is 12.1. The molecule has 6 nitrogen and oxygen atoms in total. The van der Waals surface area contributed by atoms with Crippen LogP contribution >= 0.6 is 0 Å². The number of hydrogen-bond acceptors (Lipinski definition) is 6. The van der Waals surface area contributed by atoms with Crippen LogP contribution in [0.5, 0.6) is 0 Å². The Hall–Kier alpha value is -1.80. The summed E-state index contributed by atoms with van der Waals surface area (Å²) in [5.74, 6) is -0.941. The van der Waals surface area contributed by atoms with E-state index in [-0.39, 0.29) is 12.2 Å². The third-order valence-corrected chi connectivity index (χ3v) is 6.32. The highest BCUT2D eigenvalue weighted by Crippen LogP contribution is 2.40. The van der Waals surface area contributed by atoms with Crippen LogP contribution in [0.3, 0.4) is 0 Å². The largest absolute Gasteiger partial charge is 0.393 e. The Balaban J connectivity index is 1.23. The fourth-order valence-corrected chi connectivity index (χ4v) is 4.81. The van der Waals surface area contributed by atoms with Gasteiger partial charge in [-0.2, -0.15) is 0 Å². The van der Waals surface area contributed by atoms with E-state index < -0.39 is 18.0 Å². The molecule has 0 saturated carbocycles. The molecule has 4 atom stereocenters. The molecule has 4 rings (SSSR count). The van der Waals surface area contributed by atoms with Crippen molar-refractivity contribution < 1.29 is 29.2 Å². The van der Waals surface area contributed by atoms with E-state index in [0.29, 0.717) is 65.0 Å². The van der Waals surface area contributed by atoms with Gasteiger partial charge in [0.25, 0.3) is 0 Å². The molecule has 0 aliphatic carbocycles. The van der Waals surface area contributed by atoms with Crippen LogP contribution in [-0.4, -0.2) is 53.6 Å². The molecule has 2 saturated heterocycles. The molecule has 2 fully saturated rings. The summed E-state index contributed by atoms with van der Waals surface area (Å²) in [5.41, 5.74) is 2.27. The number of hydrogen-bond donors (Lipinski definition) is 2. The number of aliphatic hydroxyl groups is 2. The summed E-state index contributed by atoms with van der Waals surface area (Å²) in [6.07, 6.45) is 1.87. The summed E-state index contributed by atoms with van der Waals surface area (Å²) in [7, 11) is 0. The van der Waals surface area contributed by atoms with Crippen molar-refractivity contribution in [1.82, 2.24) is 0 Å². The predicted molar refractivity (Wildman–Crippen MR) is 124 cm³/mol. The van der Waals surface area contributed by atoms with Crippen LogP contribution in [-0.2, 0) is 32.2 Å². The van der Waals surface area contributed by atoms with Gasteiger partial charge in [-0.25, -0.2) is 0 Å². The molecule has 1 spiro atoms. The van der Waals surface area contributed by atoms with Crippen LogP contribution in [0.2, 0.25) is 0 Å². The molecule has 2 heterocycles. The number of ether oxygens (including phenoxy) is 4. The normalized spacial score (nSPS) is 29.9. The minimum atomic E-state index is -0.941. The lowest BCUT2D eigenvalue weighted by molar-refractivity contribution is -0.340. The second kappa shape index (κ2) is 12.1. The molecule has 2 N–H and O–H groups in total. The van der Waals surface area contributed by atoms with Gasteiger partial charge in [0.2, 0.25) is 0 Å². The van der Waals surface area contributed by atoms with Crippen molar-refractivity contribution in [3.63, 3.8) is 0 Å². The molecule has 33 heavy (non-hydrogen) atoms. The van der Waals surface area contributed by atoms with Crippen LogP contribution in [0.25, 0.3) is 0 Å². The Kier molecular flexibility index (Phi) is 8.89. The third kappa shape index (κ3) is 7.60. The second-order valence-electron chi connectivity index (χ2n) is 9.23. The molecule has 2 aliphatic heterocycles. The molecule has 0 amide bonds. The summed E-state index contributed by atoms with van der Waals surface area (Å²) in [5, 5.41) is 21.1. The molecule has 2 aromatic rings. The van der Waals surface area contributed by atoms with E-state index in [1.54, 1.807) is 0 Å². The highest BCUT2D eigenvalue weighted by Gasteiger charge is 2.47. The van der Waals surface area contributed by atoms with Gasteiger partial charge in [-0.05, 0) is 36.8 Å². The van der Waals surface area contributed by atoms with Gasteiger partial charge in [-0.15, -0.1) is 0 Å². The molecular formula is C27H36O6. The van der Waals surface area contributed by atoms with E-state index in [2.05, 4.69) is 0 Å². The third-order valence-electron chi connectivity index (χ3n) is 6.32. The maximum Gasteiger partial charge on any atom is 0.173 e. The Bertz CT molecular complexity index is 744. The zero-order valence-electron chi connectivity index (χ0n) is 19.2. The highest BCUT2D eigenvalue weighted by atomic mass is 16.7. The van der Waals surface area contributed by atoms with Crippen molar-refractivity contribution in [2.45, 2.75) is 81.9 Å². The highest BCUT2D eigenvalue weighted by molar-refractivity contribution is 5.14. The van der Waals surface area contributed by atoms with E-state index in [1.807, 2.05) is 60.7 Å². The summed E-state index contributed by atoms with van der Waals surface area (Å²) in [6, 6.07) is 20.1. The minimum absolute atomic E-state index is 0.162. The first-order valence-corrected chi connectivity index (χ1v) is 12.1. The zero-order chi connectivity index (χ0) is 22.9. The van der Waals surface area contributed by atoms with Crippen LogP contribution in [0.15, 0.2) is 60.7 Å². The van der Waals surface area contributed by atoms with Gasteiger partial charge in [0.05, 0.1) is 37.6 Å². The molecular weight excluding hydrogens is 420 g/mol. The Morgan fingerprint density at radius 2 is 1.12 bits per heavy atom. The lowest BCUT2D eigenvalue weighted by Gasteiger charge is -2.48. The number of rotatable bonds is 10. The van der Waals surface area contributed by atoms with E-state index in [1.165, 1.54) is 0 Å². The van der Waals surface area contributed by atoms with Crippen molar-refractivity contribution in [3.8, 4) is 0 Å². The first-order chi connectivity index (χ1) is 16.1. The second-order valence-corrected chi connectivity index (χ2v) is 9.23. The average molecular weight is 457 g/mol. The topological polar surface area (TPSA) is 77.4 Å². The van der Waals surface area contributed by atoms with Gasteiger partial charge in [-0.1, -0.05) is 60.7 Å². The number of benzene rings is 2. The zero-order valence-corrected chi connectivity index (χ0v) is 19.2. The molecule has 0 radical (unpaired) electrons. The number of aliphatic hydroxyl groups excluding tert-OH is 2. The summed E-state index contributed by atoms with van der Waals surface area (Å²) in [6.45, 7) is 2.20. The molecule has 0 aromatic heterocycles. The SMILES string of the molecule is OC1CC(CCOCc2ccccc2)OC2(C1)CC(O)CC(CCOCc1ccccc1)O2. The molecule has 4 unspecified atom stereocenters. The van der Waals surface area contributed by atoms with Gasteiger partial charge < -0.3 is 29.2 Å². The lowest BCUT2D eigenvalue weighted by Crippen LogP contribution is -2.55. The van der Waals surface area contributed by atoms with Crippen molar-refractivity contribution in [2.24, 2.45) is 0 Å². The molecule has 2 aliphatic rings. The summed E-state index contributed by atoms with van der Waals surface area (Å²) in [4.78, 5) is 0. The van der Waals surface area contributed by atoms with Crippen LogP contribution < -0.4 is 0 Å². The predicted octanol–water partition coefficient (Wildman–Crippen LogP) is 3.98. The molecule has 6 heteroatoms. The maximum absolute atomic E-state index is 10.5. The van der Waals surface area contributed by atoms with Gasteiger partial charge in [-0.3, -0.25) is 0 Å². The summed E-state index contributed by atoms with van der Waals surface area (Å²) >= 11 is 0. The van der Waals surface area contributed by atoms with E-state index in [4.69, 9.17) is 18.9 Å². The molecule has 180 valence electrons. The first kappa shape index (κ1) is 24.3. The molecule has 0 bridgehead atoms. The van der Waals surface area contributed by atoms with Crippen LogP contribution in [0.4, 0.5) is 0 Å². The van der Waals surface area contributed by atoms with E-state index in [9.17, 15) is 10.2 Å². The van der Waals surface area contributed by atoms with Gasteiger partial charge in [0.15, 0.2) is 5.79 Å². The smallest absolute Gasteiger partial charge is 0.173 e. The van der Waals surface area contributed by atoms with Gasteiger partial charge in [0, 0.05) is 26.1 Å². The monoisotopic (exact) mass is 456 g/mol. The van der Waals surface area contributed by atoms with E-state index >= 15 is 0 Å². The van der Waals surface area contributed by atoms with Crippen molar-refractivity contribution in [3.05, 3.63) is 71.8 Å². The maximum atomic E-state index is 10.5. The Labute approximate surface area is 196 Å². The molecule has 2 aromatic carbocycles. The van der Waals surface area contributed by atoms with Crippen molar-refractivity contribution in [2.75, 3.05) is 13.2 Å². The van der Waals surface area contributed by atoms with Gasteiger partial charge >= 0.3 is 0 Å². The van der Waals surface area contributed by atoms with Crippen molar-refractivity contribution in [1.29, 1.82) is 0 Å².